The standard InChI is InChI=1S/C13H22N2O4S3/c1-4-6-13(3)11(15-7-5-2)9-8-10(22(14,18)19)20-12(9)21(13,16)17/h8,11,15H,4-7H2,1-3H3,(H2,14,18,19). The molecule has 6 nitrogen and oxygen atoms in total. The van der Waals surface area contributed by atoms with Crippen molar-refractivity contribution in [2.75, 3.05) is 6.54 Å². The van der Waals surface area contributed by atoms with Gasteiger partial charge >= 0.3 is 0 Å². The van der Waals surface area contributed by atoms with Crippen LogP contribution in [0.5, 0.6) is 0 Å². The smallest absolute Gasteiger partial charge is 0.247 e. The number of nitrogens with one attached hydrogen (secondary N) is 1. The number of rotatable bonds is 6. The van der Waals surface area contributed by atoms with Crippen LogP contribution in [-0.2, 0) is 19.9 Å². The van der Waals surface area contributed by atoms with Crippen LogP contribution in [0.3, 0.4) is 0 Å². The highest BCUT2D eigenvalue weighted by Gasteiger charge is 2.55. The van der Waals surface area contributed by atoms with Crippen molar-refractivity contribution in [3.63, 3.8) is 0 Å². The normalized spacial score (nSPS) is 27.0. The molecule has 0 aromatic carbocycles. The lowest BCUT2D eigenvalue weighted by atomic mass is 9.92. The summed E-state index contributed by atoms with van der Waals surface area (Å²) in [4.78, 5) is 0. The Bertz CT molecular complexity index is 767. The summed E-state index contributed by atoms with van der Waals surface area (Å²) in [5.74, 6) is 0. The van der Waals surface area contributed by atoms with Crippen molar-refractivity contribution >= 4 is 31.2 Å². The van der Waals surface area contributed by atoms with Crippen molar-refractivity contribution in [3.05, 3.63) is 11.6 Å². The van der Waals surface area contributed by atoms with Crippen LogP contribution in [-0.4, -0.2) is 28.1 Å². The van der Waals surface area contributed by atoms with Gasteiger partial charge in [-0.25, -0.2) is 22.0 Å². The van der Waals surface area contributed by atoms with E-state index in [1.165, 1.54) is 6.07 Å². The van der Waals surface area contributed by atoms with Crippen molar-refractivity contribution in [2.24, 2.45) is 5.14 Å². The van der Waals surface area contributed by atoms with Gasteiger partial charge in [0.2, 0.25) is 10.0 Å². The number of nitrogens with two attached hydrogens (primary N) is 1. The minimum absolute atomic E-state index is 0.0945. The van der Waals surface area contributed by atoms with E-state index >= 15 is 0 Å². The van der Waals surface area contributed by atoms with Gasteiger partial charge in [-0.05, 0) is 32.4 Å². The third kappa shape index (κ3) is 2.62. The maximum atomic E-state index is 12.9. The average molecular weight is 367 g/mol. The summed E-state index contributed by atoms with van der Waals surface area (Å²) in [6.07, 6.45) is 2.11. The molecule has 1 aromatic rings. The van der Waals surface area contributed by atoms with Gasteiger partial charge in [0.15, 0.2) is 9.84 Å². The predicted molar refractivity (Wildman–Crippen MR) is 87.2 cm³/mol. The summed E-state index contributed by atoms with van der Waals surface area (Å²) in [5.41, 5.74) is 0.540. The minimum Gasteiger partial charge on any atom is -0.309 e. The summed E-state index contributed by atoms with van der Waals surface area (Å²) >= 11 is 0.760. The highest BCUT2D eigenvalue weighted by molar-refractivity contribution is 7.96. The van der Waals surface area contributed by atoms with Crippen molar-refractivity contribution in [1.29, 1.82) is 0 Å². The molecule has 0 spiro atoms. The van der Waals surface area contributed by atoms with E-state index in [1.54, 1.807) is 6.92 Å². The van der Waals surface area contributed by atoms with E-state index in [0.717, 1.165) is 24.2 Å². The Morgan fingerprint density at radius 3 is 2.50 bits per heavy atom. The van der Waals surface area contributed by atoms with Crippen molar-refractivity contribution in [3.8, 4) is 0 Å². The Hall–Kier alpha value is -0.480. The molecule has 2 rings (SSSR count). The summed E-state index contributed by atoms with van der Waals surface area (Å²) in [7, 11) is -7.49. The zero-order valence-electron chi connectivity index (χ0n) is 12.9. The van der Waals surface area contributed by atoms with Crippen LogP contribution in [0.1, 0.15) is 51.6 Å². The highest BCUT2D eigenvalue weighted by Crippen LogP contribution is 2.52. The topological polar surface area (TPSA) is 106 Å². The molecule has 126 valence electrons. The molecule has 1 aliphatic heterocycles. The molecular weight excluding hydrogens is 344 g/mol. The maximum absolute atomic E-state index is 12.9. The number of fused-ring (bicyclic) bond motifs is 1. The van der Waals surface area contributed by atoms with E-state index in [4.69, 9.17) is 5.14 Å². The van der Waals surface area contributed by atoms with Crippen molar-refractivity contribution < 1.29 is 16.8 Å². The molecule has 2 unspecified atom stereocenters. The second kappa shape index (κ2) is 5.86. The number of hydrogen-bond acceptors (Lipinski definition) is 6. The molecule has 0 saturated heterocycles. The van der Waals surface area contributed by atoms with Crippen LogP contribution < -0.4 is 10.5 Å². The lowest BCUT2D eigenvalue weighted by Crippen LogP contribution is -2.43. The fourth-order valence-corrected chi connectivity index (χ4v) is 8.01. The summed E-state index contributed by atoms with van der Waals surface area (Å²) in [6, 6.07) is 1.01. The Balaban J connectivity index is 2.63. The van der Waals surface area contributed by atoms with Crippen LogP contribution in [0.4, 0.5) is 0 Å². The SMILES string of the molecule is CCCNC1c2cc(S(N)(=O)=O)sc2S(=O)(=O)C1(C)CCC. The summed E-state index contributed by atoms with van der Waals surface area (Å²) in [5, 5.41) is 8.42. The molecule has 22 heavy (non-hydrogen) atoms. The highest BCUT2D eigenvalue weighted by atomic mass is 32.3. The first-order valence-electron chi connectivity index (χ1n) is 7.24. The molecule has 1 aliphatic rings. The molecule has 0 fully saturated rings. The molecule has 0 saturated carbocycles. The van der Waals surface area contributed by atoms with Gasteiger partial charge < -0.3 is 5.32 Å². The predicted octanol–water partition coefficient (Wildman–Crippen LogP) is 1.78. The quantitative estimate of drug-likeness (QED) is 0.798. The third-order valence-electron chi connectivity index (χ3n) is 4.11. The van der Waals surface area contributed by atoms with Crippen LogP contribution in [0.2, 0.25) is 0 Å². The number of sulfonamides is 1. The van der Waals surface area contributed by atoms with Crippen molar-refractivity contribution in [1.82, 2.24) is 5.32 Å². The molecule has 0 radical (unpaired) electrons. The van der Waals surface area contributed by atoms with Gasteiger partial charge in [-0.2, -0.15) is 0 Å². The van der Waals surface area contributed by atoms with E-state index in [-0.39, 0.29) is 8.42 Å². The molecule has 1 aromatic heterocycles. The van der Waals surface area contributed by atoms with Gasteiger partial charge in [-0.3, -0.25) is 0 Å². The van der Waals surface area contributed by atoms with E-state index < -0.39 is 30.6 Å². The molecule has 0 bridgehead atoms. The molecule has 0 amide bonds. The average Bonchev–Trinajstić information content (AvgIpc) is 2.89. The van der Waals surface area contributed by atoms with E-state index in [0.29, 0.717) is 18.5 Å². The van der Waals surface area contributed by atoms with Crippen LogP contribution in [0.15, 0.2) is 14.5 Å². The summed E-state index contributed by atoms with van der Waals surface area (Å²) in [6.45, 7) is 6.35. The zero-order chi connectivity index (χ0) is 16.8. The van der Waals surface area contributed by atoms with Crippen LogP contribution >= 0.6 is 11.3 Å². The third-order valence-corrected chi connectivity index (χ3v) is 9.77. The van der Waals surface area contributed by atoms with Gasteiger partial charge in [-0.15, -0.1) is 11.3 Å². The minimum atomic E-state index is -3.90. The lowest BCUT2D eigenvalue weighted by molar-refractivity contribution is 0.389. The number of primary sulfonamides is 1. The first-order valence-corrected chi connectivity index (χ1v) is 11.1. The monoisotopic (exact) mass is 366 g/mol. The van der Waals surface area contributed by atoms with E-state index in [9.17, 15) is 16.8 Å². The van der Waals surface area contributed by atoms with Crippen molar-refractivity contribution in [2.45, 2.75) is 59.2 Å². The molecule has 2 heterocycles. The fourth-order valence-electron chi connectivity index (χ4n) is 3.00. The second-order valence-corrected chi connectivity index (χ2v) is 11.3. The van der Waals surface area contributed by atoms with Crippen LogP contribution in [0.25, 0.3) is 0 Å². The van der Waals surface area contributed by atoms with Gasteiger partial charge in [0.25, 0.3) is 0 Å². The molecular formula is C13H22N2O4S3. The first kappa shape index (κ1) is 17.9. The Kier molecular flexibility index (Phi) is 4.76. The number of hydrogen-bond donors (Lipinski definition) is 2. The Morgan fingerprint density at radius 2 is 2.00 bits per heavy atom. The second-order valence-electron chi connectivity index (χ2n) is 5.81. The largest absolute Gasteiger partial charge is 0.309 e. The van der Waals surface area contributed by atoms with Gasteiger partial charge in [-0.1, -0.05) is 20.3 Å². The molecule has 9 heteroatoms. The first-order chi connectivity index (χ1) is 10.1. The van der Waals surface area contributed by atoms with E-state index in [1.807, 2.05) is 13.8 Å². The lowest BCUT2D eigenvalue weighted by Gasteiger charge is -2.31. The fraction of sp³-hybridized carbons (Fsp3) is 0.692. The Morgan fingerprint density at radius 1 is 1.36 bits per heavy atom. The maximum Gasteiger partial charge on any atom is 0.247 e. The summed E-state index contributed by atoms with van der Waals surface area (Å²) < 4.78 is 48.0. The molecule has 0 aliphatic carbocycles. The number of thiophene rings is 1. The molecule has 3 N–H and O–H groups in total. The Labute approximate surface area is 136 Å². The van der Waals surface area contributed by atoms with Gasteiger partial charge in [0.1, 0.15) is 8.42 Å². The van der Waals surface area contributed by atoms with Crippen LogP contribution in [0, 0.1) is 0 Å². The van der Waals surface area contributed by atoms with Gasteiger partial charge in [0.05, 0.1) is 10.8 Å². The van der Waals surface area contributed by atoms with Gasteiger partial charge in [0, 0.05) is 5.56 Å². The number of sulfone groups is 1. The molecule has 2 atom stereocenters. The zero-order valence-corrected chi connectivity index (χ0v) is 15.4. The van der Waals surface area contributed by atoms with E-state index in [2.05, 4.69) is 5.32 Å².